The summed E-state index contributed by atoms with van der Waals surface area (Å²) in [5, 5.41) is 3.62. The highest BCUT2D eigenvalue weighted by atomic mass is 32.1. The summed E-state index contributed by atoms with van der Waals surface area (Å²) in [5.41, 5.74) is 5.11. The van der Waals surface area contributed by atoms with Gasteiger partial charge in [0.2, 0.25) is 0 Å². The van der Waals surface area contributed by atoms with E-state index in [-0.39, 0.29) is 12.4 Å². The molecule has 1 aromatic carbocycles. The lowest BCUT2D eigenvalue weighted by Crippen LogP contribution is -2.53. The lowest BCUT2D eigenvalue weighted by molar-refractivity contribution is -0.123. The Bertz CT molecular complexity index is 585. The first-order chi connectivity index (χ1) is 11.5. The zero-order valence-electron chi connectivity index (χ0n) is 14.0. The third-order valence-corrected chi connectivity index (χ3v) is 4.75. The number of thiocarbonyl (C=S) groups is 1. The van der Waals surface area contributed by atoms with Gasteiger partial charge in [0.25, 0.3) is 5.91 Å². The molecule has 0 saturated heterocycles. The molecule has 0 heterocycles. The van der Waals surface area contributed by atoms with Gasteiger partial charge in [-0.05, 0) is 42.6 Å². The number of nitrogens with one attached hydrogen (secondary N) is 3. The van der Waals surface area contributed by atoms with Gasteiger partial charge in [0.05, 0.1) is 0 Å². The quantitative estimate of drug-likeness (QED) is 0.574. The normalized spacial score (nSPS) is 23.2. The molecule has 0 spiro atoms. The fourth-order valence-corrected chi connectivity index (χ4v) is 3.06. The van der Waals surface area contributed by atoms with Crippen molar-refractivity contribution in [3.63, 3.8) is 0 Å². The van der Waals surface area contributed by atoms with Gasteiger partial charge < -0.3 is 10.1 Å². The van der Waals surface area contributed by atoms with Gasteiger partial charge in [-0.3, -0.25) is 15.6 Å². The Hall–Kier alpha value is -1.89. The minimum atomic E-state index is -0.504. The van der Waals surface area contributed by atoms with E-state index in [0.717, 1.165) is 6.42 Å². The summed E-state index contributed by atoms with van der Waals surface area (Å²) in [6.45, 7) is 4.16. The summed E-state index contributed by atoms with van der Waals surface area (Å²) in [6, 6.07) is 6.24. The predicted octanol–water partition coefficient (Wildman–Crippen LogP) is 2.52. The number of ether oxygens (including phenoxy) is 1. The molecule has 7 heteroatoms. The van der Waals surface area contributed by atoms with Crippen molar-refractivity contribution in [1.29, 1.82) is 0 Å². The van der Waals surface area contributed by atoms with E-state index in [4.69, 9.17) is 17.0 Å². The van der Waals surface area contributed by atoms with E-state index in [1.807, 2.05) is 0 Å². The van der Waals surface area contributed by atoms with E-state index < -0.39 is 11.7 Å². The molecule has 5 nitrogen and oxygen atoms in total. The third kappa shape index (κ3) is 5.33. The summed E-state index contributed by atoms with van der Waals surface area (Å²) in [4.78, 5) is 11.7. The second-order valence-corrected chi connectivity index (χ2v) is 6.65. The topological polar surface area (TPSA) is 62.4 Å². The van der Waals surface area contributed by atoms with Gasteiger partial charge in [0.15, 0.2) is 23.3 Å². The van der Waals surface area contributed by atoms with Crippen LogP contribution < -0.4 is 20.9 Å². The number of carbonyl (C=O) groups is 1. The van der Waals surface area contributed by atoms with Crippen molar-refractivity contribution in [2.24, 2.45) is 11.8 Å². The number of halogens is 1. The van der Waals surface area contributed by atoms with E-state index in [1.165, 1.54) is 25.0 Å². The van der Waals surface area contributed by atoms with Crippen LogP contribution in [0.5, 0.6) is 5.75 Å². The van der Waals surface area contributed by atoms with Gasteiger partial charge >= 0.3 is 0 Å². The van der Waals surface area contributed by atoms with Crippen LogP contribution in [0.3, 0.4) is 0 Å². The van der Waals surface area contributed by atoms with Crippen molar-refractivity contribution in [1.82, 2.24) is 16.2 Å². The molecular weight excluding hydrogens is 329 g/mol. The largest absolute Gasteiger partial charge is 0.481 e. The Morgan fingerprint density at radius 2 is 2.04 bits per heavy atom. The van der Waals surface area contributed by atoms with Crippen LogP contribution in [0.2, 0.25) is 0 Å². The van der Waals surface area contributed by atoms with Gasteiger partial charge in [-0.15, -0.1) is 0 Å². The van der Waals surface area contributed by atoms with Gasteiger partial charge in [-0.2, -0.15) is 0 Å². The molecule has 0 aromatic heterocycles. The first kappa shape index (κ1) is 18.4. The summed E-state index contributed by atoms with van der Waals surface area (Å²) < 4.78 is 18.5. The van der Waals surface area contributed by atoms with Crippen molar-refractivity contribution < 1.29 is 13.9 Å². The Kier molecular flexibility index (Phi) is 6.78. The molecule has 0 radical (unpaired) electrons. The van der Waals surface area contributed by atoms with Crippen LogP contribution in [0.4, 0.5) is 4.39 Å². The average Bonchev–Trinajstić information content (AvgIpc) is 2.56. The number of amides is 1. The molecule has 1 saturated carbocycles. The van der Waals surface area contributed by atoms with E-state index >= 15 is 0 Å². The highest BCUT2D eigenvalue weighted by Crippen LogP contribution is 2.29. The molecule has 1 fully saturated rings. The van der Waals surface area contributed by atoms with Crippen molar-refractivity contribution >= 4 is 23.2 Å². The minimum absolute atomic E-state index is 0.0402. The molecule has 1 aromatic rings. The fraction of sp³-hybridized carbons (Fsp3) is 0.529. The predicted molar refractivity (Wildman–Crippen MR) is 94.9 cm³/mol. The zero-order valence-corrected chi connectivity index (χ0v) is 14.8. The minimum Gasteiger partial charge on any atom is -0.481 e. The Morgan fingerprint density at radius 3 is 2.79 bits per heavy atom. The summed E-state index contributed by atoms with van der Waals surface area (Å²) in [7, 11) is 0. The molecule has 1 aliphatic carbocycles. The van der Waals surface area contributed by atoms with Crippen LogP contribution >= 0.6 is 12.2 Å². The van der Waals surface area contributed by atoms with Crippen LogP contribution in [-0.2, 0) is 4.79 Å². The number of hydrazine groups is 1. The molecular formula is C17H24FN3O2S. The molecule has 24 heavy (non-hydrogen) atoms. The maximum Gasteiger partial charge on any atom is 0.276 e. The molecule has 1 amide bonds. The molecule has 0 unspecified atom stereocenters. The van der Waals surface area contributed by atoms with Crippen LogP contribution in [0, 0.1) is 17.7 Å². The number of hydrogen-bond donors (Lipinski definition) is 3. The molecule has 0 bridgehead atoms. The number of para-hydroxylation sites is 1. The standard InChI is InChI=1S/C17H24FN3O2S/c1-11-6-5-8-14(12(11)2)19-17(24)21-20-16(22)10-23-15-9-4-3-7-13(15)18/h3-4,7,9,11-12,14H,5-6,8,10H2,1-2H3,(H,20,22)(H2,19,21,24)/t11-,12+,14+/m0/s1. The van der Waals surface area contributed by atoms with Gasteiger partial charge in [0.1, 0.15) is 0 Å². The third-order valence-electron chi connectivity index (χ3n) is 4.53. The molecule has 0 aliphatic heterocycles. The highest BCUT2D eigenvalue weighted by Gasteiger charge is 2.27. The van der Waals surface area contributed by atoms with Crippen LogP contribution in [0.1, 0.15) is 33.1 Å². The molecule has 3 N–H and O–H groups in total. The van der Waals surface area contributed by atoms with Crippen LogP contribution in [0.25, 0.3) is 0 Å². The lowest BCUT2D eigenvalue weighted by atomic mass is 9.78. The van der Waals surface area contributed by atoms with Crippen molar-refractivity contribution in [2.45, 2.75) is 39.2 Å². The Labute approximate surface area is 147 Å². The lowest BCUT2D eigenvalue weighted by Gasteiger charge is -2.35. The van der Waals surface area contributed by atoms with Crippen molar-refractivity contribution in [2.75, 3.05) is 6.61 Å². The molecule has 3 atom stereocenters. The monoisotopic (exact) mass is 353 g/mol. The molecule has 1 aliphatic rings. The number of carbonyl (C=O) groups excluding carboxylic acids is 1. The number of benzene rings is 1. The summed E-state index contributed by atoms with van der Waals surface area (Å²) >= 11 is 5.21. The smallest absolute Gasteiger partial charge is 0.276 e. The average molecular weight is 353 g/mol. The Morgan fingerprint density at radius 1 is 1.29 bits per heavy atom. The highest BCUT2D eigenvalue weighted by molar-refractivity contribution is 7.80. The van der Waals surface area contributed by atoms with E-state index in [9.17, 15) is 9.18 Å². The second kappa shape index (κ2) is 8.82. The number of hydrogen-bond acceptors (Lipinski definition) is 3. The van der Waals surface area contributed by atoms with Crippen molar-refractivity contribution in [3.05, 3.63) is 30.1 Å². The van der Waals surface area contributed by atoms with Crippen molar-refractivity contribution in [3.8, 4) is 5.75 Å². The zero-order chi connectivity index (χ0) is 17.5. The molecule has 132 valence electrons. The van der Waals surface area contributed by atoms with Crippen LogP contribution in [-0.4, -0.2) is 23.7 Å². The van der Waals surface area contributed by atoms with Gasteiger partial charge in [-0.25, -0.2) is 4.39 Å². The maximum absolute atomic E-state index is 13.4. The second-order valence-electron chi connectivity index (χ2n) is 6.24. The fourth-order valence-electron chi connectivity index (χ4n) is 2.86. The van der Waals surface area contributed by atoms with E-state index in [1.54, 1.807) is 12.1 Å². The van der Waals surface area contributed by atoms with Gasteiger partial charge in [-0.1, -0.05) is 38.8 Å². The number of rotatable bonds is 4. The van der Waals surface area contributed by atoms with E-state index in [2.05, 4.69) is 30.0 Å². The first-order valence-electron chi connectivity index (χ1n) is 8.20. The molecule has 2 rings (SSSR count). The van der Waals surface area contributed by atoms with Gasteiger partial charge in [0, 0.05) is 6.04 Å². The van der Waals surface area contributed by atoms with E-state index in [0.29, 0.717) is 23.0 Å². The maximum atomic E-state index is 13.4. The summed E-state index contributed by atoms with van der Waals surface area (Å²) in [5.74, 6) is 0.281. The first-order valence-corrected chi connectivity index (χ1v) is 8.61. The SMILES string of the molecule is C[C@@H]1[C@@H](C)CCC[C@H]1NC(=S)NNC(=O)COc1ccccc1F. The Balaban J connectivity index is 1.69. The van der Waals surface area contributed by atoms with Crippen LogP contribution in [0.15, 0.2) is 24.3 Å². The summed E-state index contributed by atoms with van der Waals surface area (Å²) in [6.07, 6.45) is 3.48.